The first-order chi connectivity index (χ1) is 8.81. The van der Waals surface area contributed by atoms with Gasteiger partial charge in [-0.05, 0) is 24.9 Å². The van der Waals surface area contributed by atoms with E-state index < -0.39 is 0 Å². The Kier molecular flexibility index (Phi) is 4.73. The zero-order valence-electron chi connectivity index (χ0n) is 10.4. The number of benzene rings is 1. The molecule has 0 unspecified atom stereocenters. The van der Waals surface area contributed by atoms with Crippen molar-refractivity contribution in [3.63, 3.8) is 0 Å². The second-order valence-electron chi connectivity index (χ2n) is 4.66. The Balaban J connectivity index is 1.95. The van der Waals surface area contributed by atoms with Crippen molar-refractivity contribution in [2.24, 2.45) is 0 Å². The van der Waals surface area contributed by atoms with Gasteiger partial charge in [0.05, 0.1) is 18.7 Å². The SMILES string of the molecule is O=C(N[C@H](CO)c1ccccc1)[C@@H]1CCCCN1. The molecule has 1 aromatic carbocycles. The van der Waals surface area contributed by atoms with Crippen molar-refractivity contribution < 1.29 is 9.90 Å². The zero-order valence-corrected chi connectivity index (χ0v) is 10.4. The lowest BCUT2D eigenvalue weighted by molar-refractivity contribution is -0.124. The summed E-state index contributed by atoms with van der Waals surface area (Å²) in [5.41, 5.74) is 0.934. The van der Waals surface area contributed by atoms with E-state index in [1.165, 1.54) is 0 Å². The third-order valence-electron chi connectivity index (χ3n) is 3.33. The van der Waals surface area contributed by atoms with E-state index in [1.54, 1.807) is 0 Å². The molecule has 2 atom stereocenters. The molecule has 0 aliphatic carbocycles. The van der Waals surface area contributed by atoms with Crippen LogP contribution < -0.4 is 10.6 Å². The van der Waals surface area contributed by atoms with E-state index in [9.17, 15) is 9.90 Å². The van der Waals surface area contributed by atoms with Gasteiger partial charge in [0.15, 0.2) is 0 Å². The summed E-state index contributed by atoms with van der Waals surface area (Å²) in [6.45, 7) is 0.815. The monoisotopic (exact) mass is 248 g/mol. The van der Waals surface area contributed by atoms with E-state index in [0.29, 0.717) is 0 Å². The van der Waals surface area contributed by atoms with Gasteiger partial charge in [-0.2, -0.15) is 0 Å². The minimum atomic E-state index is -0.317. The molecule has 1 heterocycles. The number of piperidine rings is 1. The molecule has 98 valence electrons. The van der Waals surface area contributed by atoms with Crippen LogP contribution >= 0.6 is 0 Å². The standard InChI is InChI=1S/C14H20N2O2/c17-10-13(11-6-2-1-3-7-11)16-14(18)12-8-4-5-9-15-12/h1-3,6-7,12-13,15,17H,4-5,8-10H2,(H,16,18)/t12-,13+/m0/s1. The average molecular weight is 248 g/mol. The summed E-state index contributed by atoms with van der Waals surface area (Å²) in [6, 6.07) is 9.12. The first-order valence-electron chi connectivity index (χ1n) is 6.51. The van der Waals surface area contributed by atoms with E-state index in [2.05, 4.69) is 10.6 Å². The van der Waals surface area contributed by atoms with Crippen LogP contribution in [0.15, 0.2) is 30.3 Å². The fourth-order valence-electron chi connectivity index (χ4n) is 2.27. The van der Waals surface area contributed by atoms with Gasteiger partial charge in [0.25, 0.3) is 0 Å². The van der Waals surface area contributed by atoms with Gasteiger partial charge < -0.3 is 15.7 Å². The molecule has 1 aliphatic heterocycles. The van der Waals surface area contributed by atoms with Crippen LogP contribution in [0.25, 0.3) is 0 Å². The number of nitrogens with one attached hydrogen (secondary N) is 2. The number of aliphatic hydroxyl groups is 1. The predicted molar refractivity (Wildman–Crippen MR) is 70.1 cm³/mol. The van der Waals surface area contributed by atoms with Gasteiger partial charge in [-0.25, -0.2) is 0 Å². The highest BCUT2D eigenvalue weighted by atomic mass is 16.3. The maximum absolute atomic E-state index is 12.1. The van der Waals surface area contributed by atoms with Gasteiger partial charge in [-0.15, -0.1) is 0 Å². The summed E-state index contributed by atoms with van der Waals surface area (Å²) in [5, 5.41) is 15.5. The van der Waals surface area contributed by atoms with Gasteiger partial charge in [-0.3, -0.25) is 4.79 Å². The van der Waals surface area contributed by atoms with Gasteiger partial charge in [-0.1, -0.05) is 36.8 Å². The molecule has 0 radical (unpaired) electrons. The number of aliphatic hydroxyl groups excluding tert-OH is 1. The number of hydrogen-bond acceptors (Lipinski definition) is 3. The van der Waals surface area contributed by atoms with Crippen LogP contribution in [-0.4, -0.2) is 30.2 Å². The van der Waals surface area contributed by atoms with Gasteiger partial charge in [0.2, 0.25) is 5.91 Å². The molecule has 2 rings (SSSR count). The molecule has 1 aliphatic rings. The van der Waals surface area contributed by atoms with E-state index in [1.807, 2.05) is 30.3 Å². The molecule has 1 fully saturated rings. The molecule has 4 heteroatoms. The summed E-state index contributed by atoms with van der Waals surface area (Å²) in [4.78, 5) is 12.1. The van der Waals surface area contributed by atoms with Crippen molar-refractivity contribution >= 4 is 5.91 Å². The van der Waals surface area contributed by atoms with Crippen LogP contribution in [0.1, 0.15) is 30.9 Å². The highest BCUT2D eigenvalue weighted by Crippen LogP contribution is 2.13. The van der Waals surface area contributed by atoms with Crippen molar-refractivity contribution in [3.8, 4) is 0 Å². The molecule has 0 spiro atoms. The number of amides is 1. The first kappa shape index (κ1) is 13.1. The second kappa shape index (κ2) is 6.52. The lowest BCUT2D eigenvalue weighted by Gasteiger charge is -2.25. The minimum Gasteiger partial charge on any atom is -0.394 e. The molecule has 0 bridgehead atoms. The molecule has 0 saturated carbocycles. The van der Waals surface area contributed by atoms with E-state index in [-0.39, 0.29) is 24.6 Å². The average Bonchev–Trinajstić information content (AvgIpc) is 2.46. The van der Waals surface area contributed by atoms with Crippen LogP contribution in [0.2, 0.25) is 0 Å². The Bertz CT molecular complexity index is 375. The summed E-state index contributed by atoms with van der Waals surface area (Å²) in [7, 11) is 0. The Hall–Kier alpha value is -1.39. The Morgan fingerprint density at radius 2 is 2.17 bits per heavy atom. The highest BCUT2D eigenvalue weighted by molar-refractivity contribution is 5.82. The molecular formula is C14H20N2O2. The quantitative estimate of drug-likeness (QED) is 0.744. The van der Waals surface area contributed by atoms with Crippen LogP contribution in [-0.2, 0) is 4.79 Å². The van der Waals surface area contributed by atoms with Crippen LogP contribution in [0.3, 0.4) is 0 Å². The van der Waals surface area contributed by atoms with Crippen molar-refractivity contribution in [1.29, 1.82) is 0 Å². The minimum absolute atomic E-state index is 0.0161. The molecule has 4 nitrogen and oxygen atoms in total. The third-order valence-corrected chi connectivity index (χ3v) is 3.33. The maximum atomic E-state index is 12.1. The normalized spacial score (nSPS) is 21.3. The Morgan fingerprint density at radius 1 is 1.39 bits per heavy atom. The molecule has 18 heavy (non-hydrogen) atoms. The molecular weight excluding hydrogens is 228 g/mol. The van der Waals surface area contributed by atoms with E-state index in [0.717, 1.165) is 31.4 Å². The summed E-state index contributed by atoms with van der Waals surface area (Å²) < 4.78 is 0. The van der Waals surface area contributed by atoms with E-state index >= 15 is 0 Å². The fraction of sp³-hybridized carbons (Fsp3) is 0.500. The fourth-order valence-corrected chi connectivity index (χ4v) is 2.27. The van der Waals surface area contributed by atoms with Gasteiger partial charge in [0, 0.05) is 0 Å². The van der Waals surface area contributed by atoms with Crippen LogP contribution in [0, 0.1) is 0 Å². The third kappa shape index (κ3) is 3.31. The Labute approximate surface area is 107 Å². The first-order valence-corrected chi connectivity index (χ1v) is 6.51. The van der Waals surface area contributed by atoms with Gasteiger partial charge >= 0.3 is 0 Å². The van der Waals surface area contributed by atoms with Crippen LogP contribution in [0.4, 0.5) is 0 Å². The Morgan fingerprint density at radius 3 is 2.78 bits per heavy atom. The molecule has 3 N–H and O–H groups in total. The summed E-state index contributed by atoms with van der Waals surface area (Å²) >= 11 is 0. The van der Waals surface area contributed by atoms with Crippen LogP contribution in [0.5, 0.6) is 0 Å². The number of hydrogen-bond donors (Lipinski definition) is 3. The topological polar surface area (TPSA) is 61.4 Å². The smallest absolute Gasteiger partial charge is 0.237 e. The second-order valence-corrected chi connectivity index (χ2v) is 4.66. The van der Waals surface area contributed by atoms with Crippen molar-refractivity contribution in [3.05, 3.63) is 35.9 Å². The van der Waals surface area contributed by atoms with Crippen molar-refractivity contribution in [2.75, 3.05) is 13.2 Å². The maximum Gasteiger partial charge on any atom is 0.237 e. The van der Waals surface area contributed by atoms with Crippen molar-refractivity contribution in [2.45, 2.75) is 31.3 Å². The zero-order chi connectivity index (χ0) is 12.8. The van der Waals surface area contributed by atoms with E-state index in [4.69, 9.17) is 0 Å². The van der Waals surface area contributed by atoms with Crippen molar-refractivity contribution in [1.82, 2.24) is 10.6 Å². The molecule has 1 aromatic rings. The summed E-state index contributed by atoms with van der Waals surface area (Å²) in [5.74, 6) is -0.0161. The number of carbonyl (C=O) groups excluding carboxylic acids is 1. The highest BCUT2D eigenvalue weighted by Gasteiger charge is 2.23. The molecule has 1 saturated heterocycles. The number of rotatable bonds is 4. The lowest BCUT2D eigenvalue weighted by atomic mass is 10.0. The molecule has 1 amide bonds. The molecule has 0 aromatic heterocycles. The predicted octanol–water partition coefficient (Wildman–Crippen LogP) is 0.978. The van der Waals surface area contributed by atoms with Gasteiger partial charge in [0.1, 0.15) is 0 Å². The largest absolute Gasteiger partial charge is 0.394 e. The number of carbonyl (C=O) groups is 1. The summed E-state index contributed by atoms with van der Waals surface area (Å²) in [6.07, 6.45) is 3.09. The lowest BCUT2D eigenvalue weighted by Crippen LogP contribution is -2.48.